The summed E-state index contributed by atoms with van der Waals surface area (Å²) in [6, 6.07) is -0.979. The first-order valence-corrected chi connectivity index (χ1v) is 7.83. The predicted octanol–water partition coefficient (Wildman–Crippen LogP) is 0.531. The fourth-order valence-electron chi connectivity index (χ4n) is 3.32. The largest absolute Gasteiger partial charge is 0.480 e. The van der Waals surface area contributed by atoms with Crippen molar-refractivity contribution in [2.24, 2.45) is 11.8 Å². The average Bonchev–Trinajstić information content (AvgIpc) is 2.72. The van der Waals surface area contributed by atoms with Gasteiger partial charge in [-0.1, -0.05) is 26.2 Å². The number of fused-ring (bicyclic) bond motifs is 1. The Balaban J connectivity index is 1.97. The minimum atomic E-state index is -1.11. The number of hydrogen-bond donors (Lipinski definition) is 2. The Morgan fingerprint density at radius 2 is 1.77 bits per heavy atom. The van der Waals surface area contributed by atoms with Crippen molar-refractivity contribution in [1.29, 1.82) is 0 Å². The standard InChI is InChI=1S/C15H22N2O5/c1-2-5-11(15(21)22)16-12(18)8-17-13(19)9-6-3-4-7-10(9)14(17)20/h9-11H,2-8H2,1H3,(H,16,18)(H,21,22). The summed E-state index contributed by atoms with van der Waals surface area (Å²) in [5.41, 5.74) is 0. The van der Waals surface area contributed by atoms with Crippen molar-refractivity contribution in [1.82, 2.24) is 10.2 Å². The van der Waals surface area contributed by atoms with Gasteiger partial charge in [0, 0.05) is 0 Å². The molecule has 1 saturated heterocycles. The Hall–Kier alpha value is -1.92. The van der Waals surface area contributed by atoms with Crippen molar-refractivity contribution in [2.45, 2.75) is 51.5 Å². The molecule has 0 aromatic carbocycles. The summed E-state index contributed by atoms with van der Waals surface area (Å²) in [6.07, 6.45) is 4.18. The Kier molecular flexibility index (Phi) is 5.15. The molecule has 3 atom stereocenters. The molecule has 1 heterocycles. The van der Waals surface area contributed by atoms with Crippen LogP contribution < -0.4 is 5.32 Å². The summed E-state index contributed by atoms with van der Waals surface area (Å²) >= 11 is 0. The zero-order valence-electron chi connectivity index (χ0n) is 12.7. The molecule has 2 N–H and O–H groups in total. The van der Waals surface area contributed by atoms with E-state index in [1.807, 2.05) is 6.92 Å². The minimum Gasteiger partial charge on any atom is -0.480 e. The van der Waals surface area contributed by atoms with Crippen molar-refractivity contribution in [2.75, 3.05) is 6.54 Å². The number of hydrogen-bond acceptors (Lipinski definition) is 4. The molecule has 7 heteroatoms. The van der Waals surface area contributed by atoms with Crippen LogP contribution in [0.1, 0.15) is 45.4 Å². The third-order valence-electron chi connectivity index (χ3n) is 4.44. The van der Waals surface area contributed by atoms with Crippen molar-refractivity contribution in [3.63, 3.8) is 0 Å². The van der Waals surface area contributed by atoms with Crippen LogP contribution in [0.4, 0.5) is 0 Å². The number of carbonyl (C=O) groups excluding carboxylic acids is 3. The molecule has 3 unspecified atom stereocenters. The molecule has 1 aliphatic carbocycles. The summed E-state index contributed by atoms with van der Waals surface area (Å²) < 4.78 is 0. The highest BCUT2D eigenvalue weighted by Crippen LogP contribution is 2.37. The van der Waals surface area contributed by atoms with Crippen LogP contribution in [0.2, 0.25) is 0 Å². The molecular weight excluding hydrogens is 288 g/mol. The number of carbonyl (C=O) groups is 4. The lowest BCUT2D eigenvalue weighted by Crippen LogP contribution is -2.47. The SMILES string of the molecule is CCCC(NC(=O)CN1C(=O)C2CCCCC2C1=O)C(=O)O. The highest BCUT2D eigenvalue weighted by Gasteiger charge is 2.48. The van der Waals surface area contributed by atoms with Crippen molar-refractivity contribution in [3.8, 4) is 0 Å². The number of imide groups is 1. The van der Waals surface area contributed by atoms with E-state index in [1.54, 1.807) is 0 Å². The number of likely N-dealkylation sites (tertiary alicyclic amines) is 1. The molecule has 0 aromatic heterocycles. The summed E-state index contributed by atoms with van der Waals surface area (Å²) in [5, 5.41) is 11.4. The van der Waals surface area contributed by atoms with Crippen LogP contribution in [0.5, 0.6) is 0 Å². The lowest BCUT2D eigenvalue weighted by molar-refractivity contribution is -0.145. The Labute approximate surface area is 129 Å². The van der Waals surface area contributed by atoms with Gasteiger partial charge in [-0.25, -0.2) is 4.79 Å². The smallest absolute Gasteiger partial charge is 0.326 e. The van der Waals surface area contributed by atoms with Gasteiger partial charge in [0.05, 0.1) is 11.8 Å². The molecular formula is C15H22N2O5. The summed E-state index contributed by atoms with van der Waals surface area (Å²) in [7, 11) is 0. The molecule has 2 aliphatic rings. The highest BCUT2D eigenvalue weighted by molar-refractivity contribution is 6.07. The fraction of sp³-hybridized carbons (Fsp3) is 0.733. The molecule has 0 aromatic rings. The average molecular weight is 310 g/mol. The van der Waals surface area contributed by atoms with Gasteiger partial charge in [-0.15, -0.1) is 0 Å². The van der Waals surface area contributed by atoms with E-state index in [2.05, 4.69) is 5.32 Å². The zero-order valence-corrected chi connectivity index (χ0v) is 12.7. The van der Waals surface area contributed by atoms with E-state index in [1.165, 1.54) is 0 Å². The maximum atomic E-state index is 12.2. The van der Waals surface area contributed by atoms with E-state index in [-0.39, 0.29) is 30.2 Å². The molecule has 0 bridgehead atoms. The number of nitrogens with zero attached hydrogens (tertiary/aromatic N) is 1. The lowest BCUT2D eigenvalue weighted by Gasteiger charge is -2.19. The van der Waals surface area contributed by atoms with Crippen LogP contribution in [0.25, 0.3) is 0 Å². The van der Waals surface area contributed by atoms with E-state index in [4.69, 9.17) is 5.11 Å². The Bertz CT molecular complexity index is 466. The maximum Gasteiger partial charge on any atom is 0.326 e. The van der Waals surface area contributed by atoms with Gasteiger partial charge in [-0.2, -0.15) is 0 Å². The Morgan fingerprint density at radius 1 is 1.23 bits per heavy atom. The van der Waals surface area contributed by atoms with Crippen LogP contribution in [0.3, 0.4) is 0 Å². The van der Waals surface area contributed by atoms with E-state index in [9.17, 15) is 19.2 Å². The van der Waals surface area contributed by atoms with Gasteiger partial charge >= 0.3 is 5.97 Å². The van der Waals surface area contributed by atoms with Gasteiger partial charge in [0.2, 0.25) is 17.7 Å². The normalized spacial score (nSPS) is 25.8. The molecule has 22 heavy (non-hydrogen) atoms. The zero-order chi connectivity index (χ0) is 16.3. The van der Waals surface area contributed by atoms with Crippen LogP contribution >= 0.6 is 0 Å². The van der Waals surface area contributed by atoms with Gasteiger partial charge < -0.3 is 10.4 Å². The topological polar surface area (TPSA) is 104 Å². The summed E-state index contributed by atoms with van der Waals surface area (Å²) in [4.78, 5) is 48.5. The van der Waals surface area contributed by atoms with Gasteiger partial charge in [0.25, 0.3) is 0 Å². The van der Waals surface area contributed by atoms with Crippen molar-refractivity contribution in [3.05, 3.63) is 0 Å². The van der Waals surface area contributed by atoms with Gasteiger partial charge in [-0.3, -0.25) is 19.3 Å². The number of carboxylic acids is 1. The molecule has 0 spiro atoms. The van der Waals surface area contributed by atoms with Gasteiger partial charge in [0.15, 0.2) is 0 Å². The van der Waals surface area contributed by atoms with Crippen LogP contribution in [-0.4, -0.2) is 46.3 Å². The second kappa shape index (κ2) is 6.89. The van der Waals surface area contributed by atoms with Gasteiger partial charge in [0.1, 0.15) is 12.6 Å². The predicted molar refractivity (Wildman–Crippen MR) is 76.6 cm³/mol. The highest BCUT2D eigenvalue weighted by atomic mass is 16.4. The van der Waals surface area contributed by atoms with Crippen LogP contribution in [-0.2, 0) is 19.2 Å². The summed E-state index contributed by atoms with van der Waals surface area (Å²) in [6.45, 7) is 1.44. The quantitative estimate of drug-likeness (QED) is 0.697. The second-order valence-electron chi connectivity index (χ2n) is 6.01. The van der Waals surface area contributed by atoms with E-state index in [0.29, 0.717) is 25.7 Å². The first-order valence-electron chi connectivity index (χ1n) is 7.83. The van der Waals surface area contributed by atoms with E-state index in [0.717, 1.165) is 17.7 Å². The molecule has 1 saturated carbocycles. The monoisotopic (exact) mass is 310 g/mol. The van der Waals surface area contributed by atoms with Gasteiger partial charge in [-0.05, 0) is 19.3 Å². The third kappa shape index (κ3) is 3.28. The summed E-state index contributed by atoms with van der Waals surface area (Å²) in [5.74, 6) is -2.86. The first kappa shape index (κ1) is 16.5. The number of carboxylic acid groups (broad SMARTS) is 1. The van der Waals surface area contributed by atoms with Crippen molar-refractivity contribution >= 4 is 23.7 Å². The maximum absolute atomic E-state index is 12.2. The minimum absolute atomic E-state index is 0.285. The lowest BCUT2D eigenvalue weighted by atomic mass is 9.81. The van der Waals surface area contributed by atoms with Crippen molar-refractivity contribution < 1.29 is 24.3 Å². The Morgan fingerprint density at radius 3 is 2.23 bits per heavy atom. The fourth-order valence-corrected chi connectivity index (χ4v) is 3.32. The molecule has 0 radical (unpaired) electrons. The number of aliphatic carboxylic acids is 1. The van der Waals surface area contributed by atoms with E-state index >= 15 is 0 Å². The number of rotatable bonds is 6. The molecule has 1 aliphatic heterocycles. The molecule has 2 rings (SSSR count). The first-order chi connectivity index (χ1) is 10.5. The van der Waals surface area contributed by atoms with Crippen LogP contribution in [0, 0.1) is 11.8 Å². The second-order valence-corrected chi connectivity index (χ2v) is 6.01. The molecule has 122 valence electrons. The molecule has 2 fully saturated rings. The molecule has 7 nitrogen and oxygen atoms in total. The van der Waals surface area contributed by atoms with E-state index < -0.39 is 17.9 Å². The number of nitrogens with one attached hydrogen (secondary N) is 1. The third-order valence-corrected chi connectivity index (χ3v) is 4.44. The van der Waals surface area contributed by atoms with Crippen LogP contribution in [0.15, 0.2) is 0 Å². The number of amides is 3. The molecule has 3 amide bonds.